The van der Waals surface area contributed by atoms with E-state index < -0.39 is 149 Å². The molecular weight excluding hydrogens is 784 g/mol. The highest BCUT2D eigenvalue weighted by atomic mass is 32.3. The molecule has 0 aromatic rings. The predicted molar refractivity (Wildman–Crippen MR) is 167 cm³/mol. The fourth-order valence-electron chi connectivity index (χ4n) is 6.38. The van der Waals surface area contributed by atoms with E-state index in [2.05, 4.69) is 8.37 Å². The predicted octanol–water partition coefficient (Wildman–Crippen LogP) is -3.37. The van der Waals surface area contributed by atoms with Gasteiger partial charge >= 0.3 is 32.7 Å². The Morgan fingerprint density at radius 3 is 1.69 bits per heavy atom. The summed E-state index contributed by atoms with van der Waals surface area (Å²) in [7, 11) is -10.7. The summed E-state index contributed by atoms with van der Waals surface area (Å²) in [5.41, 5.74) is 0. The first kappa shape index (κ1) is 44.5. The van der Waals surface area contributed by atoms with Gasteiger partial charge in [0, 0.05) is 11.8 Å². The van der Waals surface area contributed by atoms with Crippen LogP contribution in [0.15, 0.2) is 11.8 Å². The second-order valence-electron chi connectivity index (χ2n) is 13.0. The molecule has 4 heterocycles. The van der Waals surface area contributed by atoms with Crippen LogP contribution in [0, 0.1) is 11.8 Å². The number of carboxylic acid groups (broad SMARTS) is 2. The first-order valence-corrected chi connectivity index (χ1v) is 19.2. The topological polar surface area (TPSA) is 368 Å². The molecular formula is C28H44O24S2. The smallest absolute Gasteiger partial charge is 0.397 e. The molecule has 0 saturated carbocycles. The summed E-state index contributed by atoms with van der Waals surface area (Å²) < 4.78 is 114. The van der Waals surface area contributed by atoms with Crippen molar-refractivity contribution in [3.63, 3.8) is 0 Å². The van der Waals surface area contributed by atoms with Crippen LogP contribution in [0.25, 0.3) is 0 Å². The molecule has 24 nitrogen and oxygen atoms in total. The molecule has 0 aliphatic carbocycles. The highest BCUT2D eigenvalue weighted by Crippen LogP contribution is 2.38. The minimum Gasteiger partial charge on any atom is -0.479 e. The molecule has 0 spiro atoms. The van der Waals surface area contributed by atoms with Gasteiger partial charge in [0.25, 0.3) is 0 Å². The zero-order valence-corrected chi connectivity index (χ0v) is 30.5. The normalized spacial score (nSPS) is 43.5. The molecule has 0 bridgehead atoms. The van der Waals surface area contributed by atoms with Crippen molar-refractivity contribution in [1.29, 1.82) is 0 Å². The average Bonchev–Trinajstić information content (AvgIpc) is 3.06. The van der Waals surface area contributed by atoms with Crippen molar-refractivity contribution in [1.82, 2.24) is 0 Å². The van der Waals surface area contributed by atoms with Crippen LogP contribution in [0.5, 0.6) is 0 Å². The minimum absolute atomic E-state index is 0.0665. The summed E-state index contributed by atoms with van der Waals surface area (Å²) in [5, 5.41) is 73.6. The standard InChI is InChI=1S/C28H44O24S2/c1-5-11-18(14(30)8(3)25(37)44-11)48-28-21(52-54(41,42)43)16(32)20(22(50-28)24(35)36)49-26-9(4)15(31)19(12(6-2)45-26)47-27-17(51-53(38,39)40)10(29)7-13(46-27)23(33)34/h7-12,14-22,25-32,37H,5-6H2,1-4H3,(H,33,34)(H,35,36)(H,38,39,40)(H,41,42,43). The number of rotatable bonds is 14. The Kier molecular flexibility index (Phi) is 14.4. The van der Waals surface area contributed by atoms with E-state index in [4.69, 9.17) is 33.2 Å². The Morgan fingerprint density at radius 1 is 0.667 bits per heavy atom. The molecule has 18 atom stereocenters. The van der Waals surface area contributed by atoms with Crippen LogP contribution in [0.4, 0.5) is 0 Å². The van der Waals surface area contributed by atoms with Crippen LogP contribution in [-0.4, -0.2) is 172 Å². The lowest BCUT2D eigenvalue weighted by Crippen LogP contribution is -2.66. The summed E-state index contributed by atoms with van der Waals surface area (Å²) in [6.45, 7) is 5.75. The molecule has 26 heteroatoms. The van der Waals surface area contributed by atoms with Crippen LogP contribution >= 0.6 is 0 Å². The third kappa shape index (κ3) is 10.2. The van der Waals surface area contributed by atoms with Gasteiger partial charge in [-0.15, -0.1) is 0 Å². The summed E-state index contributed by atoms with van der Waals surface area (Å²) in [6, 6.07) is 0. The van der Waals surface area contributed by atoms with E-state index in [1.807, 2.05) is 0 Å². The molecule has 0 amide bonds. The average molecular weight is 829 g/mol. The van der Waals surface area contributed by atoms with E-state index in [1.54, 1.807) is 6.92 Å². The van der Waals surface area contributed by atoms with E-state index in [9.17, 15) is 71.3 Å². The van der Waals surface area contributed by atoms with E-state index in [0.717, 1.165) is 0 Å². The van der Waals surface area contributed by atoms with Crippen LogP contribution in [-0.2, 0) is 71.9 Å². The van der Waals surface area contributed by atoms with E-state index in [1.165, 1.54) is 20.8 Å². The molecule has 4 aliphatic rings. The number of hydrogen-bond acceptors (Lipinski definition) is 20. The lowest BCUT2D eigenvalue weighted by molar-refractivity contribution is -0.367. The van der Waals surface area contributed by atoms with Crippen LogP contribution in [0.1, 0.15) is 40.5 Å². The Bertz CT molecular complexity index is 1570. The van der Waals surface area contributed by atoms with Gasteiger partial charge in [-0.25, -0.2) is 18.0 Å². The van der Waals surface area contributed by atoms with Crippen molar-refractivity contribution < 1.29 is 113 Å². The van der Waals surface area contributed by atoms with Crippen molar-refractivity contribution >= 4 is 32.7 Å². The van der Waals surface area contributed by atoms with Crippen LogP contribution in [0.2, 0.25) is 0 Å². The molecule has 3 saturated heterocycles. The zero-order valence-electron chi connectivity index (χ0n) is 28.8. The molecule has 4 aliphatic heterocycles. The largest absolute Gasteiger partial charge is 0.479 e. The Labute approximate surface area is 307 Å². The third-order valence-corrected chi connectivity index (χ3v) is 10.2. The number of aliphatic hydroxyl groups excluding tert-OH is 5. The Hall–Kier alpha value is -2.22. The third-order valence-electron chi connectivity index (χ3n) is 9.27. The summed E-state index contributed by atoms with van der Waals surface area (Å²) in [4.78, 5) is 24.0. The number of hydrogen-bond donors (Lipinski definition) is 9. The Balaban J connectivity index is 1.59. The molecule has 0 aromatic carbocycles. The van der Waals surface area contributed by atoms with Gasteiger partial charge in [-0.05, 0) is 18.9 Å². The molecule has 54 heavy (non-hydrogen) atoms. The van der Waals surface area contributed by atoms with Gasteiger partial charge in [-0.1, -0.05) is 27.7 Å². The molecule has 0 radical (unpaired) electrons. The molecule has 0 aromatic heterocycles. The van der Waals surface area contributed by atoms with Crippen molar-refractivity contribution in [3.8, 4) is 0 Å². The molecule has 9 N–H and O–H groups in total. The number of aliphatic hydroxyl groups is 5. The monoisotopic (exact) mass is 828 g/mol. The van der Waals surface area contributed by atoms with Crippen molar-refractivity contribution in [2.24, 2.45) is 11.8 Å². The first-order valence-electron chi connectivity index (χ1n) is 16.5. The quantitative estimate of drug-likeness (QED) is 0.0772. The van der Waals surface area contributed by atoms with Gasteiger partial charge in [0.1, 0.15) is 30.5 Å². The zero-order chi connectivity index (χ0) is 40.6. The van der Waals surface area contributed by atoms with Crippen LogP contribution in [0.3, 0.4) is 0 Å². The summed E-state index contributed by atoms with van der Waals surface area (Å²) >= 11 is 0. The van der Waals surface area contributed by atoms with Gasteiger partial charge in [0.2, 0.25) is 12.0 Å². The van der Waals surface area contributed by atoms with Crippen molar-refractivity contribution in [3.05, 3.63) is 11.8 Å². The lowest BCUT2D eigenvalue weighted by atomic mass is 9.90. The maximum atomic E-state index is 12.5. The summed E-state index contributed by atoms with van der Waals surface area (Å²) in [6.07, 6.45) is -28.4. The Morgan fingerprint density at radius 2 is 1.17 bits per heavy atom. The molecule has 4 rings (SSSR count). The fourth-order valence-corrected chi connectivity index (χ4v) is 7.35. The van der Waals surface area contributed by atoms with Gasteiger partial charge < -0.3 is 68.9 Å². The molecule has 18 unspecified atom stereocenters. The van der Waals surface area contributed by atoms with Crippen LogP contribution < -0.4 is 0 Å². The van der Waals surface area contributed by atoms with Gasteiger partial charge in [0.05, 0.1) is 24.4 Å². The SMILES string of the molecule is CCC1OC(O)C(C)C(O)C1OC1OC(C(=O)O)C(OC2OC(CC)C(OC3OC(C(=O)O)=CC(O)C3OS(=O)(=O)O)C(O)C2C)C(O)C1OS(=O)(=O)O. The first-order chi connectivity index (χ1) is 25.0. The van der Waals surface area contributed by atoms with E-state index in [0.29, 0.717) is 6.08 Å². The number of carboxylic acids is 2. The fraction of sp³-hybridized carbons (Fsp3) is 0.857. The molecule has 3 fully saturated rings. The number of aliphatic carboxylic acids is 2. The second kappa shape index (κ2) is 17.5. The van der Waals surface area contributed by atoms with Gasteiger partial charge in [0.15, 0.2) is 37.2 Å². The number of ether oxygens (including phenoxy) is 7. The molecule has 312 valence electrons. The number of carbonyl (C=O) groups is 2. The van der Waals surface area contributed by atoms with Gasteiger partial charge in [-0.3, -0.25) is 9.11 Å². The highest BCUT2D eigenvalue weighted by Gasteiger charge is 2.57. The van der Waals surface area contributed by atoms with E-state index in [-0.39, 0.29) is 12.8 Å². The highest BCUT2D eigenvalue weighted by molar-refractivity contribution is 7.81. The lowest BCUT2D eigenvalue weighted by Gasteiger charge is -2.49. The van der Waals surface area contributed by atoms with Gasteiger partial charge in [-0.2, -0.15) is 16.8 Å². The van der Waals surface area contributed by atoms with Crippen molar-refractivity contribution in [2.45, 2.75) is 139 Å². The minimum atomic E-state index is -5.44. The summed E-state index contributed by atoms with van der Waals surface area (Å²) in [5.74, 6) is -6.68. The van der Waals surface area contributed by atoms with E-state index >= 15 is 0 Å². The second-order valence-corrected chi connectivity index (χ2v) is 15.1. The maximum absolute atomic E-state index is 12.5. The maximum Gasteiger partial charge on any atom is 0.397 e. The van der Waals surface area contributed by atoms with Crippen molar-refractivity contribution in [2.75, 3.05) is 0 Å².